The molecule has 0 aliphatic carbocycles. The fourth-order valence-corrected chi connectivity index (χ4v) is 2.22. The van der Waals surface area contributed by atoms with E-state index in [-0.39, 0.29) is 12.5 Å². The number of unbranched alkanes of at least 4 members (excludes halogenated alkanes) is 6. The van der Waals surface area contributed by atoms with E-state index < -0.39 is 15.9 Å². The third-order valence-corrected chi connectivity index (χ3v) is 3.74. The molecule has 0 saturated heterocycles. The van der Waals surface area contributed by atoms with E-state index in [2.05, 4.69) is 6.92 Å². The Labute approximate surface area is 122 Å². The van der Waals surface area contributed by atoms with Crippen LogP contribution in [0.2, 0.25) is 0 Å². The smallest absolute Gasteiger partial charge is 0.266 e. The lowest BCUT2D eigenvalue weighted by Gasteiger charge is -2.13. The molecule has 0 aliphatic heterocycles. The molecule has 0 bridgehead atoms. The SMILES string of the molecule is CCCCCCCC/C=C/C(=O)N(C)CCS(=O)(=O)O. The Morgan fingerprint density at radius 2 is 1.75 bits per heavy atom. The monoisotopic (exact) mass is 305 g/mol. The maximum absolute atomic E-state index is 11.6. The quantitative estimate of drug-likeness (QED) is 0.362. The molecular formula is C14H27NO4S. The average Bonchev–Trinajstić information content (AvgIpc) is 2.38. The molecular weight excluding hydrogens is 278 g/mol. The minimum absolute atomic E-state index is 0.000968. The number of nitrogens with zero attached hydrogens (tertiary/aromatic N) is 1. The molecule has 0 saturated carbocycles. The van der Waals surface area contributed by atoms with E-state index in [0.717, 1.165) is 12.8 Å². The molecule has 0 radical (unpaired) electrons. The van der Waals surface area contributed by atoms with Crippen molar-refractivity contribution in [2.24, 2.45) is 0 Å². The van der Waals surface area contributed by atoms with E-state index in [1.54, 1.807) is 0 Å². The number of likely N-dealkylation sites (N-methyl/N-ethyl adjacent to an activating group) is 1. The first-order valence-corrected chi connectivity index (χ1v) is 8.84. The summed E-state index contributed by atoms with van der Waals surface area (Å²) in [4.78, 5) is 12.9. The molecule has 0 aromatic heterocycles. The minimum atomic E-state index is -4.01. The van der Waals surface area contributed by atoms with Crippen molar-refractivity contribution in [1.29, 1.82) is 0 Å². The molecule has 1 N–H and O–H groups in total. The van der Waals surface area contributed by atoms with Crippen LogP contribution in [-0.2, 0) is 14.9 Å². The maximum atomic E-state index is 11.6. The van der Waals surface area contributed by atoms with Gasteiger partial charge in [-0.3, -0.25) is 9.35 Å². The summed E-state index contributed by atoms with van der Waals surface area (Å²) in [5.41, 5.74) is 0. The van der Waals surface area contributed by atoms with Crippen LogP contribution in [0.25, 0.3) is 0 Å². The van der Waals surface area contributed by atoms with Crippen LogP contribution in [0.15, 0.2) is 12.2 Å². The van der Waals surface area contributed by atoms with Gasteiger partial charge in [0.2, 0.25) is 5.91 Å². The molecule has 118 valence electrons. The van der Waals surface area contributed by atoms with Gasteiger partial charge in [0, 0.05) is 13.6 Å². The third-order valence-electron chi connectivity index (χ3n) is 3.05. The second kappa shape index (κ2) is 10.9. The van der Waals surface area contributed by atoms with Crippen LogP contribution in [0.3, 0.4) is 0 Å². The molecule has 5 nitrogen and oxygen atoms in total. The van der Waals surface area contributed by atoms with E-state index in [1.807, 2.05) is 6.08 Å². The standard InChI is InChI=1S/C14H27NO4S/c1-3-4-5-6-7-8-9-10-11-14(16)15(2)12-13-20(17,18)19/h10-11H,3-9,12-13H2,1-2H3,(H,17,18,19)/b11-10+. The van der Waals surface area contributed by atoms with Crippen LogP contribution in [-0.4, -0.2) is 43.1 Å². The number of rotatable bonds is 11. The first-order valence-electron chi connectivity index (χ1n) is 7.23. The van der Waals surface area contributed by atoms with E-state index in [1.165, 1.54) is 50.1 Å². The Kier molecular flexibility index (Phi) is 10.4. The fourth-order valence-electron chi connectivity index (χ4n) is 1.72. The summed E-state index contributed by atoms with van der Waals surface area (Å²) in [6.07, 6.45) is 11.4. The zero-order chi connectivity index (χ0) is 15.4. The van der Waals surface area contributed by atoms with E-state index in [9.17, 15) is 13.2 Å². The number of allylic oxidation sites excluding steroid dienone is 1. The minimum Gasteiger partial charge on any atom is -0.341 e. The highest BCUT2D eigenvalue weighted by Gasteiger charge is 2.09. The number of carbonyl (C=O) groups excluding carboxylic acids is 1. The lowest BCUT2D eigenvalue weighted by Crippen LogP contribution is -2.30. The zero-order valence-corrected chi connectivity index (χ0v) is 13.4. The number of hydrogen-bond donors (Lipinski definition) is 1. The van der Waals surface area contributed by atoms with Crippen LogP contribution < -0.4 is 0 Å². The van der Waals surface area contributed by atoms with Gasteiger partial charge in [-0.15, -0.1) is 0 Å². The van der Waals surface area contributed by atoms with Crippen LogP contribution in [0.4, 0.5) is 0 Å². The average molecular weight is 305 g/mol. The van der Waals surface area contributed by atoms with Crippen molar-refractivity contribution in [1.82, 2.24) is 4.90 Å². The van der Waals surface area contributed by atoms with Crippen molar-refractivity contribution in [2.75, 3.05) is 19.3 Å². The molecule has 0 heterocycles. The lowest BCUT2D eigenvalue weighted by atomic mass is 10.1. The van der Waals surface area contributed by atoms with Gasteiger partial charge in [0.15, 0.2) is 0 Å². The molecule has 0 spiro atoms. The molecule has 0 rings (SSSR count). The Balaban J connectivity index is 3.71. The first-order chi connectivity index (χ1) is 9.37. The number of hydrogen-bond acceptors (Lipinski definition) is 3. The summed E-state index contributed by atoms with van der Waals surface area (Å²) in [5, 5.41) is 0. The van der Waals surface area contributed by atoms with Gasteiger partial charge in [-0.1, -0.05) is 45.1 Å². The Morgan fingerprint density at radius 1 is 1.15 bits per heavy atom. The highest BCUT2D eigenvalue weighted by atomic mass is 32.2. The Hall–Kier alpha value is -0.880. The van der Waals surface area contributed by atoms with Crippen molar-refractivity contribution >= 4 is 16.0 Å². The van der Waals surface area contributed by atoms with Crippen LogP contribution in [0.5, 0.6) is 0 Å². The maximum Gasteiger partial charge on any atom is 0.266 e. The molecule has 0 aromatic rings. The van der Waals surface area contributed by atoms with Gasteiger partial charge in [-0.05, 0) is 18.9 Å². The molecule has 0 aromatic carbocycles. The summed E-state index contributed by atoms with van der Waals surface area (Å²) >= 11 is 0. The summed E-state index contributed by atoms with van der Waals surface area (Å²) in [6.45, 7) is 2.19. The highest BCUT2D eigenvalue weighted by Crippen LogP contribution is 2.07. The largest absolute Gasteiger partial charge is 0.341 e. The summed E-state index contributed by atoms with van der Waals surface area (Å²) < 4.78 is 29.7. The second-order valence-electron chi connectivity index (χ2n) is 5.00. The molecule has 0 unspecified atom stereocenters. The normalized spacial score (nSPS) is 11.9. The van der Waals surface area contributed by atoms with Crippen molar-refractivity contribution in [3.8, 4) is 0 Å². The van der Waals surface area contributed by atoms with Gasteiger partial charge >= 0.3 is 0 Å². The summed E-state index contributed by atoms with van der Waals surface area (Å²) in [7, 11) is -2.49. The van der Waals surface area contributed by atoms with Crippen molar-refractivity contribution in [3.63, 3.8) is 0 Å². The van der Waals surface area contributed by atoms with Gasteiger partial charge in [0.05, 0.1) is 5.75 Å². The first kappa shape index (κ1) is 19.1. The third kappa shape index (κ3) is 12.2. The van der Waals surface area contributed by atoms with Crippen LogP contribution >= 0.6 is 0 Å². The van der Waals surface area contributed by atoms with E-state index >= 15 is 0 Å². The van der Waals surface area contributed by atoms with Gasteiger partial charge < -0.3 is 4.90 Å². The van der Waals surface area contributed by atoms with Crippen molar-refractivity contribution in [2.45, 2.75) is 51.9 Å². The topological polar surface area (TPSA) is 74.7 Å². The van der Waals surface area contributed by atoms with E-state index in [0.29, 0.717) is 0 Å². The number of carbonyl (C=O) groups is 1. The molecule has 0 atom stereocenters. The molecule has 20 heavy (non-hydrogen) atoms. The molecule has 0 fully saturated rings. The van der Waals surface area contributed by atoms with Crippen molar-refractivity contribution < 1.29 is 17.8 Å². The van der Waals surface area contributed by atoms with Crippen LogP contribution in [0.1, 0.15) is 51.9 Å². The fraction of sp³-hybridized carbons (Fsp3) is 0.786. The van der Waals surface area contributed by atoms with Gasteiger partial charge in [-0.2, -0.15) is 8.42 Å². The summed E-state index contributed by atoms with van der Waals surface area (Å²) in [5.74, 6) is -0.667. The summed E-state index contributed by atoms with van der Waals surface area (Å²) in [6, 6.07) is 0. The van der Waals surface area contributed by atoms with Crippen molar-refractivity contribution in [3.05, 3.63) is 12.2 Å². The number of amides is 1. The molecule has 6 heteroatoms. The van der Waals surface area contributed by atoms with Gasteiger partial charge in [-0.25, -0.2) is 0 Å². The molecule has 1 amide bonds. The van der Waals surface area contributed by atoms with Gasteiger partial charge in [0.1, 0.15) is 0 Å². The Morgan fingerprint density at radius 3 is 2.35 bits per heavy atom. The highest BCUT2D eigenvalue weighted by molar-refractivity contribution is 7.85. The van der Waals surface area contributed by atoms with Gasteiger partial charge in [0.25, 0.3) is 10.1 Å². The van der Waals surface area contributed by atoms with E-state index in [4.69, 9.17) is 4.55 Å². The molecule has 0 aliphatic rings. The predicted molar refractivity (Wildman–Crippen MR) is 81.2 cm³/mol. The Bertz CT molecular complexity index is 390. The second-order valence-corrected chi connectivity index (χ2v) is 6.58. The van der Waals surface area contributed by atoms with Crippen LogP contribution in [0, 0.1) is 0 Å². The predicted octanol–water partition coefficient (Wildman–Crippen LogP) is 2.64. The lowest BCUT2D eigenvalue weighted by molar-refractivity contribution is -0.124. The zero-order valence-electron chi connectivity index (χ0n) is 12.5.